The minimum Gasteiger partial charge on any atom is -0.463 e. The lowest BCUT2D eigenvalue weighted by atomic mass is 9.91. The summed E-state index contributed by atoms with van der Waals surface area (Å²) in [6.07, 6.45) is 2.28. The zero-order chi connectivity index (χ0) is 13.8. The van der Waals surface area contributed by atoms with E-state index in [-0.39, 0.29) is 12.1 Å². The first-order chi connectivity index (χ1) is 8.33. The summed E-state index contributed by atoms with van der Waals surface area (Å²) in [5.74, 6) is -0.687. The molecule has 0 aliphatic carbocycles. The van der Waals surface area contributed by atoms with Crippen LogP contribution in [0.15, 0.2) is 0 Å². The fraction of sp³-hybridized carbons (Fsp3) is 0.929. The number of ether oxygens (including phenoxy) is 3. The van der Waals surface area contributed by atoms with Crippen molar-refractivity contribution < 1.29 is 19.0 Å². The van der Waals surface area contributed by atoms with Gasteiger partial charge < -0.3 is 14.2 Å². The first-order valence-corrected chi connectivity index (χ1v) is 6.82. The van der Waals surface area contributed by atoms with E-state index in [0.717, 1.165) is 19.3 Å². The highest BCUT2D eigenvalue weighted by atomic mass is 16.7. The molecule has 0 aromatic carbocycles. The number of hydrogen-bond donors (Lipinski definition) is 0. The van der Waals surface area contributed by atoms with Gasteiger partial charge in [0.15, 0.2) is 5.79 Å². The molecule has 1 fully saturated rings. The quantitative estimate of drug-likeness (QED) is 0.711. The van der Waals surface area contributed by atoms with Crippen LogP contribution in [0.25, 0.3) is 0 Å². The molecule has 2 unspecified atom stereocenters. The van der Waals surface area contributed by atoms with Crippen molar-refractivity contribution in [2.24, 2.45) is 5.41 Å². The summed E-state index contributed by atoms with van der Waals surface area (Å²) in [7, 11) is 0. The van der Waals surface area contributed by atoms with Crippen LogP contribution in [0.1, 0.15) is 53.9 Å². The molecule has 1 rings (SSSR count). The van der Waals surface area contributed by atoms with E-state index in [1.54, 1.807) is 0 Å². The molecule has 4 heteroatoms. The van der Waals surface area contributed by atoms with E-state index in [1.807, 2.05) is 34.6 Å². The predicted octanol–water partition coefficient (Wildman–Crippen LogP) is 2.90. The lowest BCUT2D eigenvalue weighted by Gasteiger charge is -2.38. The summed E-state index contributed by atoms with van der Waals surface area (Å²) in [4.78, 5) is 11.9. The molecule has 2 atom stereocenters. The Morgan fingerprint density at radius 1 is 1.44 bits per heavy atom. The second-order valence-electron chi connectivity index (χ2n) is 5.70. The minimum absolute atomic E-state index is 0.0553. The normalized spacial score (nSPS) is 29.1. The molecule has 0 bridgehead atoms. The molecule has 0 amide bonds. The van der Waals surface area contributed by atoms with Crippen LogP contribution in [0.5, 0.6) is 0 Å². The van der Waals surface area contributed by atoms with Crippen molar-refractivity contribution in [3.63, 3.8) is 0 Å². The molecule has 106 valence electrons. The Morgan fingerprint density at radius 3 is 2.67 bits per heavy atom. The van der Waals surface area contributed by atoms with Crippen molar-refractivity contribution in [2.45, 2.75) is 65.8 Å². The van der Waals surface area contributed by atoms with E-state index < -0.39 is 11.2 Å². The maximum absolute atomic E-state index is 11.9. The van der Waals surface area contributed by atoms with E-state index >= 15 is 0 Å². The average molecular weight is 258 g/mol. The van der Waals surface area contributed by atoms with Gasteiger partial charge in [0, 0.05) is 6.42 Å². The minimum atomic E-state index is -0.532. The van der Waals surface area contributed by atoms with Gasteiger partial charge in [0.05, 0.1) is 18.1 Å². The Labute approximate surface area is 110 Å². The summed E-state index contributed by atoms with van der Waals surface area (Å²) in [5.41, 5.74) is -0.417. The van der Waals surface area contributed by atoms with Gasteiger partial charge in [-0.1, -0.05) is 13.8 Å². The summed E-state index contributed by atoms with van der Waals surface area (Å²) in [5, 5.41) is 0. The van der Waals surface area contributed by atoms with Gasteiger partial charge in [-0.05, 0) is 33.6 Å². The van der Waals surface area contributed by atoms with E-state index in [1.165, 1.54) is 0 Å². The lowest BCUT2D eigenvalue weighted by Crippen LogP contribution is -2.44. The Bertz CT molecular complexity index is 288. The van der Waals surface area contributed by atoms with Crippen molar-refractivity contribution in [2.75, 3.05) is 13.2 Å². The van der Waals surface area contributed by atoms with Crippen molar-refractivity contribution in [1.82, 2.24) is 0 Å². The molecule has 1 heterocycles. The number of esters is 1. The largest absolute Gasteiger partial charge is 0.463 e. The molecule has 1 aliphatic rings. The highest BCUT2D eigenvalue weighted by Gasteiger charge is 2.34. The molecule has 1 aliphatic heterocycles. The summed E-state index contributed by atoms with van der Waals surface area (Å²) in [6.45, 7) is 10.7. The Morgan fingerprint density at radius 2 is 2.11 bits per heavy atom. The third-order valence-corrected chi connectivity index (χ3v) is 3.74. The van der Waals surface area contributed by atoms with Gasteiger partial charge in [-0.25, -0.2) is 0 Å². The summed E-state index contributed by atoms with van der Waals surface area (Å²) < 4.78 is 16.8. The van der Waals surface area contributed by atoms with Crippen LogP contribution in [0, 0.1) is 5.41 Å². The van der Waals surface area contributed by atoms with Gasteiger partial charge >= 0.3 is 5.97 Å². The zero-order valence-corrected chi connectivity index (χ0v) is 12.2. The van der Waals surface area contributed by atoms with E-state index in [4.69, 9.17) is 14.2 Å². The molecule has 0 spiro atoms. The molecule has 0 saturated carbocycles. The van der Waals surface area contributed by atoms with Gasteiger partial charge in [0.1, 0.15) is 6.61 Å². The maximum Gasteiger partial charge on any atom is 0.311 e. The monoisotopic (exact) mass is 258 g/mol. The fourth-order valence-corrected chi connectivity index (χ4v) is 1.66. The van der Waals surface area contributed by atoms with Crippen LogP contribution in [-0.2, 0) is 19.0 Å². The smallest absolute Gasteiger partial charge is 0.311 e. The highest BCUT2D eigenvalue weighted by Crippen LogP contribution is 2.27. The van der Waals surface area contributed by atoms with Gasteiger partial charge in [-0.15, -0.1) is 0 Å². The third kappa shape index (κ3) is 3.95. The Kier molecular flexibility index (Phi) is 5.17. The van der Waals surface area contributed by atoms with Crippen LogP contribution >= 0.6 is 0 Å². The van der Waals surface area contributed by atoms with Gasteiger partial charge in [-0.3, -0.25) is 4.79 Å². The summed E-state index contributed by atoms with van der Waals surface area (Å²) in [6, 6.07) is 0. The van der Waals surface area contributed by atoms with Crippen LogP contribution in [0.4, 0.5) is 0 Å². The molecular weight excluding hydrogens is 232 g/mol. The van der Waals surface area contributed by atoms with Crippen LogP contribution < -0.4 is 0 Å². The highest BCUT2D eigenvalue weighted by molar-refractivity contribution is 5.75. The Balaban J connectivity index is 2.42. The molecule has 0 aromatic rings. The van der Waals surface area contributed by atoms with Gasteiger partial charge in [0.2, 0.25) is 0 Å². The molecular formula is C14H26O4. The SMILES string of the molecule is CCC1(C)OCCC(COC(=O)C(C)(C)CC)O1. The second kappa shape index (κ2) is 6.02. The average Bonchev–Trinajstić information content (AvgIpc) is 2.36. The van der Waals surface area contributed by atoms with Crippen molar-refractivity contribution in [3.8, 4) is 0 Å². The number of hydrogen-bond acceptors (Lipinski definition) is 4. The first-order valence-electron chi connectivity index (χ1n) is 6.82. The van der Waals surface area contributed by atoms with Gasteiger partial charge in [0.25, 0.3) is 0 Å². The number of rotatable bonds is 5. The van der Waals surface area contributed by atoms with Crippen LogP contribution in [-0.4, -0.2) is 31.1 Å². The summed E-state index contributed by atoms with van der Waals surface area (Å²) >= 11 is 0. The molecule has 1 saturated heterocycles. The van der Waals surface area contributed by atoms with Crippen molar-refractivity contribution >= 4 is 5.97 Å². The molecule has 0 aromatic heterocycles. The maximum atomic E-state index is 11.9. The zero-order valence-electron chi connectivity index (χ0n) is 12.2. The molecule has 0 N–H and O–H groups in total. The molecule has 0 radical (unpaired) electrons. The number of carbonyl (C=O) groups is 1. The van der Waals surface area contributed by atoms with Gasteiger partial charge in [-0.2, -0.15) is 0 Å². The topological polar surface area (TPSA) is 44.8 Å². The Hall–Kier alpha value is -0.610. The lowest BCUT2D eigenvalue weighted by molar-refractivity contribution is -0.290. The number of carbonyl (C=O) groups excluding carboxylic acids is 1. The van der Waals surface area contributed by atoms with Crippen LogP contribution in [0.2, 0.25) is 0 Å². The predicted molar refractivity (Wildman–Crippen MR) is 69.2 cm³/mol. The van der Waals surface area contributed by atoms with Crippen molar-refractivity contribution in [3.05, 3.63) is 0 Å². The van der Waals surface area contributed by atoms with E-state index in [2.05, 4.69) is 0 Å². The van der Waals surface area contributed by atoms with Crippen molar-refractivity contribution in [1.29, 1.82) is 0 Å². The third-order valence-electron chi connectivity index (χ3n) is 3.74. The van der Waals surface area contributed by atoms with E-state index in [0.29, 0.717) is 13.2 Å². The molecule has 4 nitrogen and oxygen atoms in total. The fourth-order valence-electron chi connectivity index (χ4n) is 1.66. The standard InChI is InChI=1S/C14H26O4/c1-6-13(3,4)12(15)16-10-11-8-9-17-14(5,7-2)18-11/h11H,6-10H2,1-5H3. The second-order valence-corrected chi connectivity index (χ2v) is 5.70. The van der Waals surface area contributed by atoms with Crippen LogP contribution in [0.3, 0.4) is 0 Å². The molecule has 18 heavy (non-hydrogen) atoms. The first kappa shape index (κ1) is 15.4. The van der Waals surface area contributed by atoms with E-state index in [9.17, 15) is 4.79 Å².